The molecule has 100 valence electrons. The molecule has 0 aromatic carbocycles. The second-order valence-electron chi connectivity index (χ2n) is 4.45. The Hall–Kier alpha value is -1.27. The molecule has 1 atom stereocenters. The highest BCUT2D eigenvalue weighted by molar-refractivity contribution is 7.19. The second-order valence-corrected chi connectivity index (χ2v) is 5.89. The van der Waals surface area contributed by atoms with Crippen molar-refractivity contribution < 1.29 is 9.76 Å². The molecule has 5 nitrogen and oxygen atoms in total. The van der Waals surface area contributed by atoms with Gasteiger partial charge in [0.2, 0.25) is 4.92 Å². The van der Waals surface area contributed by atoms with Crippen molar-refractivity contribution in [3.05, 3.63) is 26.8 Å². The maximum atomic E-state index is 11.7. The SMILES string of the molecule is CCO[N+](=O)C1CCc2c(sc3ncnc(Cl)c23)C1. The molecule has 0 saturated heterocycles. The van der Waals surface area contributed by atoms with Gasteiger partial charge in [-0.1, -0.05) is 11.6 Å². The lowest BCUT2D eigenvalue weighted by atomic mass is 9.93. The zero-order chi connectivity index (χ0) is 13.4. The number of rotatable bonds is 3. The first-order valence-corrected chi connectivity index (χ1v) is 7.40. The molecule has 19 heavy (non-hydrogen) atoms. The minimum atomic E-state index is -0.118. The molecule has 2 aromatic heterocycles. The standard InChI is InChI=1S/C12H13ClN3O2S/c1-2-18-16(17)7-3-4-8-9(5-7)19-12-10(8)11(13)14-6-15-12/h6-7H,2-5H2,1H3/q+1. The average molecular weight is 299 g/mol. The van der Waals surface area contributed by atoms with Crippen molar-refractivity contribution in [1.82, 2.24) is 9.97 Å². The summed E-state index contributed by atoms with van der Waals surface area (Å²) in [5.41, 5.74) is 1.20. The van der Waals surface area contributed by atoms with Crippen LogP contribution in [0.15, 0.2) is 6.33 Å². The summed E-state index contributed by atoms with van der Waals surface area (Å²) in [6.45, 7) is 2.21. The van der Waals surface area contributed by atoms with Crippen LogP contribution in [0.5, 0.6) is 0 Å². The molecule has 0 spiro atoms. The van der Waals surface area contributed by atoms with Crippen LogP contribution in [0.25, 0.3) is 10.2 Å². The van der Waals surface area contributed by atoms with Gasteiger partial charge in [-0.2, -0.15) is 0 Å². The van der Waals surface area contributed by atoms with E-state index in [0.29, 0.717) is 18.2 Å². The highest BCUT2D eigenvalue weighted by Crippen LogP contribution is 2.38. The largest absolute Gasteiger partial charge is 0.262 e. The Kier molecular flexibility index (Phi) is 3.36. The van der Waals surface area contributed by atoms with Crippen LogP contribution in [0, 0.1) is 4.91 Å². The molecule has 0 aliphatic heterocycles. The van der Waals surface area contributed by atoms with Gasteiger partial charge in [0, 0.05) is 11.3 Å². The number of hydrogen-bond acceptors (Lipinski definition) is 5. The van der Waals surface area contributed by atoms with Crippen molar-refractivity contribution in [1.29, 1.82) is 0 Å². The highest BCUT2D eigenvalue weighted by atomic mass is 35.5. The summed E-state index contributed by atoms with van der Waals surface area (Å²) in [6, 6.07) is -0.118. The Morgan fingerprint density at radius 1 is 1.58 bits per heavy atom. The van der Waals surface area contributed by atoms with Crippen molar-refractivity contribution in [2.24, 2.45) is 0 Å². The zero-order valence-corrected chi connectivity index (χ0v) is 12.0. The summed E-state index contributed by atoms with van der Waals surface area (Å²) in [5, 5.41) is 1.46. The van der Waals surface area contributed by atoms with Gasteiger partial charge in [0.05, 0.1) is 16.7 Å². The predicted octanol–water partition coefficient (Wildman–Crippen LogP) is 2.93. The maximum absolute atomic E-state index is 11.7. The average Bonchev–Trinajstić information content (AvgIpc) is 2.77. The molecule has 3 rings (SSSR count). The van der Waals surface area contributed by atoms with Crippen LogP contribution >= 0.6 is 22.9 Å². The third kappa shape index (κ3) is 2.19. The van der Waals surface area contributed by atoms with E-state index in [0.717, 1.165) is 28.0 Å². The molecule has 7 heteroatoms. The molecule has 0 N–H and O–H groups in total. The molecule has 1 aliphatic carbocycles. The van der Waals surface area contributed by atoms with Gasteiger partial charge >= 0.3 is 0 Å². The van der Waals surface area contributed by atoms with Crippen LogP contribution in [-0.2, 0) is 17.7 Å². The van der Waals surface area contributed by atoms with Gasteiger partial charge < -0.3 is 0 Å². The van der Waals surface area contributed by atoms with E-state index in [1.165, 1.54) is 16.8 Å². The summed E-state index contributed by atoms with van der Waals surface area (Å²) in [7, 11) is 0. The first-order chi connectivity index (χ1) is 9.20. The monoisotopic (exact) mass is 298 g/mol. The van der Waals surface area contributed by atoms with Crippen LogP contribution in [0.2, 0.25) is 5.15 Å². The van der Waals surface area contributed by atoms with Crippen LogP contribution < -0.4 is 0 Å². The molecule has 0 radical (unpaired) electrons. The van der Waals surface area contributed by atoms with E-state index in [1.807, 2.05) is 6.92 Å². The number of nitrogens with zero attached hydrogens (tertiary/aromatic N) is 3. The molecule has 1 unspecified atom stereocenters. The van der Waals surface area contributed by atoms with E-state index < -0.39 is 0 Å². The minimum Gasteiger partial charge on any atom is -0.232 e. The normalized spacial score (nSPS) is 18.3. The highest BCUT2D eigenvalue weighted by Gasteiger charge is 2.35. The Morgan fingerprint density at radius 2 is 2.42 bits per heavy atom. The molecule has 2 heterocycles. The van der Waals surface area contributed by atoms with E-state index >= 15 is 0 Å². The van der Waals surface area contributed by atoms with Crippen LogP contribution in [0.1, 0.15) is 23.8 Å². The van der Waals surface area contributed by atoms with Crippen LogP contribution in [-0.4, -0.2) is 27.5 Å². The number of thiophene rings is 1. The van der Waals surface area contributed by atoms with Gasteiger partial charge in [-0.15, -0.1) is 11.3 Å². The fourth-order valence-electron chi connectivity index (χ4n) is 2.47. The zero-order valence-electron chi connectivity index (χ0n) is 10.4. The fraction of sp³-hybridized carbons (Fsp3) is 0.500. The summed E-state index contributed by atoms with van der Waals surface area (Å²) < 4.78 is 0. The Morgan fingerprint density at radius 3 is 3.21 bits per heavy atom. The molecule has 0 bridgehead atoms. The molecular weight excluding hydrogens is 286 g/mol. The van der Waals surface area contributed by atoms with Gasteiger partial charge in [-0.05, 0) is 18.9 Å². The summed E-state index contributed by atoms with van der Waals surface area (Å²) >= 11 is 7.74. The summed E-state index contributed by atoms with van der Waals surface area (Å²) in [4.78, 5) is 27.9. The molecule has 0 amide bonds. The number of hydrogen-bond donors (Lipinski definition) is 0. The van der Waals surface area contributed by atoms with Gasteiger partial charge in [0.25, 0.3) is 6.04 Å². The van der Waals surface area contributed by atoms with Crippen molar-refractivity contribution in [3.8, 4) is 0 Å². The molecular formula is C12H13ClN3O2S+. The number of aromatic nitrogens is 2. The fourth-order valence-corrected chi connectivity index (χ4v) is 4.03. The van der Waals surface area contributed by atoms with Gasteiger partial charge in [-0.25, -0.2) is 14.8 Å². The molecule has 2 aromatic rings. The van der Waals surface area contributed by atoms with E-state index in [4.69, 9.17) is 16.4 Å². The number of fused-ring (bicyclic) bond motifs is 3. The Bertz CT molecular complexity index is 643. The third-order valence-electron chi connectivity index (χ3n) is 3.33. The maximum Gasteiger partial charge on any atom is 0.262 e. The molecule has 0 saturated carbocycles. The first-order valence-electron chi connectivity index (χ1n) is 6.20. The quantitative estimate of drug-likeness (QED) is 0.646. The Labute approximate surface area is 119 Å². The van der Waals surface area contributed by atoms with E-state index in [9.17, 15) is 4.91 Å². The van der Waals surface area contributed by atoms with Crippen molar-refractivity contribution in [3.63, 3.8) is 0 Å². The Balaban J connectivity index is 1.96. The first kappa shape index (κ1) is 12.7. The summed E-state index contributed by atoms with van der Waals surface area (Å²) in [6.07, 6.45) is 3.76. The summed E-state index contributed by atoms with van der Waals surface area (Å²) in [5.74, 6) is 0. The van der Waals surface area contributed by atoms with Gasteiger partial charge in [0.1, 0.15) is 16.3 Å². The van der Waals surface area contributed by atoms with Crippen molar-refractivity contribution in [2.75, 3.05) is 6.61 Å². The smallest absolute Gasteiger partial charge is 0.232 e. The van der Waals surface area contributed by atoms with Crippen LogP contribution in [0.4, 0.5) is 0 Å². The molecule has 0 fully saturated rings. The van der Waals surface area contributed by atoms with E-state index in [1.54, 1.807) is 11.3 Å². The van der Waals surface area contributed by atoms with Gasteiger partial charge in [-0.3, -0.25) is 0 Å². The van der Waals surface area contributed by atoms with Crippen molar-refractivity contribution in [2.45, 2.75) is 32.2 Å². The van der Waals surface area contributed by atoms with Crippen LogP contribution in [0.3, 0.4) is 0 Å². The lowest BCUT2D eigenvalue weighted by Gasteiger charge is -2.14. The number of aryl methyl sites for hydroxylation is 1. The lowest BCUT2D eigenvalue weighted by Crippen LogP contribution is -2.30. The lowest BCUT2D eigenvalue weighted by molar-refractivity contribution is -0.826. The van der Waals surface area contributed by atoms with E-state index in [2.05, 4.69) is 9.97 Å². The molecule has 1 aliphatic rings. The topological polar surface area (TPSA) is 55.1 Å². The second kappa shape index (κ2) is 5.02. The minimum absolute atomic E-state index is 0.118. The van der Waals surface area contributed by atoms with Crippen molar-refractivity contribution >= 4 is 33.2 Å². The van der Waals surface area contributed by atoms with E-state index in [-0.39, 0.29) is 6.04 Å². The van der Waals surface area contributed by atoms with Gasteiger partial charge in [0.15, 0.2) is 6.61 Å². The number of halogens is 1. The predicted molar refractivity (Wildman–Crippen MR) is 73.5 cm³/mol. The third-order valence-corrected chi connectivity index (χ3v) is 4.78.